The van der Waals surface area contributed by atoms with Crippen molar-refractivity contribution in [2.24, 2.45) is 0 Å². The molecule has 0 bridgehead atoms. The second-order valence-electron chi connectivity index (χ2n) is 5.26. The molecule has 2 amide bonds. The molecule has 1 atom stereocenters. The molecule has 0 aromatic heterocycles. The maximum atomic E-state index is 12.1. The summed E-state index contributed by atoms with van der Waals surface area (Å²) in [4.78, 5) is 23.3. The van der Waals surface area contributed by atoms with E-state index in [9.17, 15) is 9.59 Å². The van der Waals surface area contributed by atoms with Crippen molar-refractivity contribution in [3.05, 3.63) is 71.8 Å². The number of rotatable bonds is 5. The number of carbonyl (C=O) groups excluding carboxylic acids is 2. The summed E-state index contributed by atoms with van der Waals surface area (Å²) in [6, 6.07) is 19.4. The highest BCUT2D eigenvalue weighted by atomic mass is 16.5. The third kappa shape index (κ3) is 4.66. The lowest BCUT2D eigenvalue weighted by atomic mass is 9.98. The molecule has 5 heteroatoms. The molecule has 0 aliphatic heterocycles. The zero-order chi connectivity index (χ0) is 16.7. The van der Waals surface area contributed by atoms with Crippen LogP contribution in [-0.2, 0) is 9.53 Å². The van der Waals surface area contributed by atoms with Crippen LogP contribution in [0.25, 0.3) is 0 Å². The van der Waals surface area contributed by atoms with Gasteiger partial charge in [0.05, 0.1) is 7.11 Å². The zero-order valence-electron chi connectivity index (χ0n) is 13.2. The second-order valence-corrected chi connectivity index (χ2v) is 5.26. The Morgan fingerprint density at radius 3 is 1.87 bits per heavy atom. The molecular formula is C18H21N2O3+. The maximum Gasteiger partial charge on any atom is 0.413 e. The van der Waals surface area contributed by atoms with Crippen molar-refractivity contribution in [3.63, 3.8) is 0 Å². The Bertz CT molecular complexity index is 604. The number of benzene rings is 2. The summed E-state index contributed by atoms with van der Waals surface area (Å²) in [6.45, 7) is 1.76. The van der Waals surface area contributed by atoms with Crippen LogP contribution in [0.15, 0.2) is 60.7 Å². The Hall–Kier alpha value is -2.66. The van der Waals surface area contributed by atoms with Crippen molar-refractivity contribution in [1.29, 1.82) is 0 Å². The highest BCUT2D eigenvalue weighted by Gasteiger charge is 2.25. The van der Waals surface area contributed by atoms with Gasteiger partial charge in [0.1, 0.15) is 6.04 Å². The smallest absolute Gasteiger partial charge is 0.413 e. The minimum atomic E-state index is -0.744. The number of nitrogens with one attached hydrogen (secondary N) is 1. The first kappa shape index (κ1) is 16.7. The van der Waals surface area contributed by atoms with E-state index in [2.05, 4.69) is 10.1 Å². The van der Waals surface area contributed by atoms with Gasteiger partial charge in [0, 0.05) is 11.1 Å². The molecule has 23 heavy (non-hydrogen) atoms. The van der Waals surface area contributed by atoms with Crippen molar-refractivity contribution in [1.82, 2.24) is 5.32 Å². The molecule has 0 spiro atoms. The van der Waals surface area contributed by atoms with Crippen LogP contribution in [0.5, 0.6) is 0 Å². The normalized spacial score (nSPS) is 11.8. The van der Waals surface area contributed by atoms with Gasteiger partial charge in [-0.05, 0) is 6.92 Å². The fraction of sp³-hybridized carbons (Fsp3) is 0.222. The van der Waals surface area contributed by atoms with Crippen LogP contribution in [0.2, 0.25) is 0 Å². The highest BCUT2D eigenvalue weighted by molar-refractivity contribution is 5.93. The predicted molar refractivity (Wildman–Crippen MR) is 86.7 cm³/mol. The van der Waals surface area contributed by atoms with E-state index in [-0.39, 0.29) is 11.9 Å². The molecule has 2 rings (SSSR count). The van der Waals surface area contributed by atoms with E-state index in [1.165, 1.54) is 7.11 Å². The average molecular weight is 313 g/mol. The van der Waals surface area contributed by atoms with Gasteiger partial charge >= 0.3 is 6.09 Å². The van der Waals surface area contributed by atoms with Gasteiger partial charge in [0.15, 0.2) is 6.04 Å². The standard InChI is InChI=1S/C18H20N2O3/c1-13(17(21)20-18(22)23-2)19-16(14-9-5-3-6-10-14)15-11-7-4-8-12-15/h3-13,16,19H,1-2H3,(H,20,21,22)/p+1/t13-/m1/s1. The van der Waals surface area contributed by atoms with Crippen molar-refractivity contribution in [3.8, 4) is 0 Å². The van der Waals surface area contributed by atoms with E-state index >= 15 is 0 Å². The molecule has 0 saturated heterocycles. The largest absolute Gasteiger partial charge is 0.453 e. The molecule has 0 heterocycles. The van der Waals surface area contributed by atoms with Crippen LogP contribution in [-0.4, -0.2) is 25.2 Å². The first-order chi connectivity index (χ1) is 11.1. The van der Waals surface area contributed by atoms with Gasteiger partial charge in [0.25, 0.3) is 5.91 Å². The second kappa shape index (κ2) is 8.10. The molecule has 5 nitrogen and oxygen atoms in total. The summed E-state index contributed by atoms with van der Waals surface area (Å²) in [5, 5.41) is 4.14. The Kier molecular flexibility index (Phi) is 5.88. The molecule has 0 fully saturated rings. The van der Waals surface area contributed by atoms with Gasteiger partial charge in [0.2, 0.25) is 0 Å². The van der Waals surface area contributed by atoms with Crippen molar-refractivity contribution < 1.29 is 19.6 Å². The first-order valence-electron chi connectivity index (χ1n) is 7.45. The lowest BCUT2D eigenvalue weighted by Crippen LogP contribution is -2.92. The Morgan fingerprint density at radius 1 is 0.957 bits per heavy atom. The molecule has 0 aliphatic rings. The van der Waals surface area contributed by atoms with E-state index in [4.69, 9.17) is 0 Å². The molecule has 0 unspecified atom stereocenters. The van der Waals surface area contributed by atoms with Crippen LogP contribution in [0.3, 0.4) is 0 Å². The van der Waals surface area contributed by atoms with Crippen LogP contribution >= 0.6 is 0 Å². The minimum Gasteiger partial charge on any atom is -0.453 e. The van der Waals surface area contributed by atoms with Crippen molar-refractivity contribution in [2.75, 3.05) is 7.11 Å². The number of imide groups is 1. The monoisotopic (exact) mass is 313 g/mol. The number of hydrogen-bond donors (Lipinski definition) is 2. The van der Waals surface area contributed by atoms with Gasteiger partial charge in [-0.2, -0.15) is 0 Å². The Morgan fingerprint density at radius 2 is 1.43 bits per heavy atom. The lowest BCUT2D eigenvalue weighted by Gasteiger charge is -2.20. The first-order valence-corrected chi connectivity index (χ1v) is 7.45. The summed E-state index contributed by atoms with van der Waals surface area (Å²) in [6.07, 6.45) is -0.744. The molecule has 0 radical (unpaired) electrons. The number of amides is 2. The van der Waals surface area contributed by atoms with Crippen LogP contribution in [0.1, 0.15) is 24.1 Å². The molecule has 2 aromatic carbocycles. The summed E-state index contributed by atoms with van der Waals surface area (Å²) in [7, 11) is 1.23. The molecule has 0 aliphatic carbocycles. The molecule has 2 aromatic rings. The van der Waals surface area contributed by atoms with Gasteiger partial charge in [-0.3, -0.25) is 10.1 Å². The molecule has 3 N–H and O–H groups in total. The fourth-order valence-corrected chi connectivity index (χ4v) is 2.38. The van der Waals surface area contributed by atoms with Gasteiger partial charge in [-0.1, -0.05) is 60.7 Å². The molecule has 120 valence electrons. The van der Waals surface area contributed by atoms with Crippen molar-refractivity contribution >= 4 is 12.0 Å². The highest BCUT2D eigenvalue weighted by Crippen LogP contribution is 2.17. The number of alkyl carbamates (subject to hydrolysis) is 1. The van der Waals surface area contributed by atoms with Crippen molar-refractivity contribution in [2.45, 2.75) is 19.0 Å². The average Bonchev–Trinajstić information content (AvgIpc) is 2.60. The predicted octanol–water partition coefficient (Wildman–Crippen LogP) is 1.61. The number of carbonyl (C=O) groups is 2. The number of nitrogens with two attached hydrogens (primary N) is 1. The number of quaternary nitrogens is 1. The minimum absolute atomic E-state index is 0.0317. The molecule has 0 saturated carbocycles. The van der Waals surface area contributed by atoms with E-state index in [1.54, 1.807) is 6.92 Å². The maximum absolute atomic E-state index is 12.1. The third-order valence-corrected chi connectivity index (χ3v) is 3.62. The summed E-state index contributed by atoms with van der Waals surface area (Å²) in [5.74, 6) is -0.381. The third-order valence-electron chi connectivity index (χ3n) is 3.62. The summed E-state index contributed by atoms with van der Waals surface area (Å²) in [5.41, 5.74) is 2.19. The fourth-order valence-electron chi connectivity index (χ4n) is 2.38. The summed E-state index contributed by atoms with van der Waals surface area (Å²) < 4.78 is 4.46. The van der Waals surface area contributed by atoms with Gasteiger partial charge in [-0.15, -0.1) is 0 Å². The lowest BCUT2D eigenvalue weighted by molar-refractivity contribution is -0.704. The van der Waals surface area contributed by atoms with E-state index < -0.39 is 12.1 Å². The summed E-state index contributed by atoms with van der Waals surface area (Å²) >= 11 is 0. The van der Waals surface area contributed by atoms with Crippen LogP contribution in [0, 0.1) is 0 Å². The van der Waals surface area contributed by atoms with Gasteiger partial charge in [-0.25, -0.2) is 4.79 Å². The van der Waals surface area contributed by atoms with E-state index in [0.717, 1.165) is 11.1 Å². The zero-order valence-corrected chi connectivity index (χ0v) is 13.2. The number of hydrogen-bond acceptors (Lipinski definition) is 3. The quantitative estimate of drug-likeness (QED) is 0.881. The van der Waals surface area contributed by atoms with E-state index in [1.807, 2.05) is 66.0 Å². The molecular weight excluding hydrogens is 292 g/mol. The number of ether oxygens (including phenoxy) is 1. The number of methoxy groups -OCH3 is 1. The van der Waals surface area contributed by atoms with Gasteiger partial charge < -0.3 is 10.1 Å². The topological polar surface area (TPSA) is 72.0 Å². The van der Waals surface area contributed by atoms with Crippen LogP contribution < -0.4 is 10.6 Å². The Labute approximate surface area is 135 Å². The SMILES string of the molecule is COC(=O)NC(=O)[C@@H](C)[NH2+]C(c1ccccc1)c1ccccc1. The Balaban J connectivity index is 2.19. The van der Waals surface area contributed by atoms with Crippen LogP contribution in [0.4, 0.5) is 4.79 Å². The van der Waals surface area contributed by atoms with E-state index in [0.29, 0.717) is 0 Å².